The van der Waals surface area contributed by atoms with Gasteiger partial charge < -0.3 is 5.11 Å². The molecule has 1 aromatic rings. The van der Waals surface area contributed by atoms with Crippen LogP contribution in [0.2, 0.25) is 0 Å². The lowest BCUT2D eigenvalue weighted by Gasteiger charge is -2.16. The van der Waals surface area contributed by atoms with Gasteiger partial charge in [0.1, 0.15) is 9.84 Å². The molecule has 16 heavy (non-hydrogen) atoms. The number of aryl methyl sites for hydroxylation is 3. The number of aliphatic hydroxyl groups excluding tert-OH is 1. The van der Waals surface area contributed by atoms with Crippen LogP contribution in [0.1, 0.15) is 28.4 Å². The van der Waals surface area contributed by atoms with E-state index in [0.717, 1.165) is 28.5 Å². The van der Waals surface area contributed by atoms with Crippen molar-refractivity contribution < 1.29 is 13.5 Å². The lowest BCUT2D eigenvalue weighted by atomic mass is 9.96. The summed E-state index contributed by atoms with van der Waals surface area (Å²) in [6, 6.07) is 3.90. The molecule has 0 aliphatic rings. The molecule has 0 bridgehead atoms. The Morgan fingerprint density at radius 1 is 1.19 bits per heavy atom. The first-order valence-corrected chi connectivity index (χ1v) is 7.20. The van der Waals surface area contributed by atoms with Crippen molar-refractivity contribution in [3.63, 3.8) is 0 Å². The molecule has 0 saturated heterocycles. The summed E-state index contributed by atoms with van der Waals surface area (Å²) in [6.45, 7) is 5.76. The summed E-state index contributed by atoms with van der Waals surface area (Å²) in [7, 11) is -3.17. The molecule has 0 aliphatic heterocycles. The number of hydrogen-bond donors (Lipinski definition) is 1. The summed E-state index contributed by atoms with van der Waals surface area (Å²) in [5.74, 6) is -0.224. The number of aliphatic hydroxyl groups is 1. The van der Waals surface area contributed by atoms with Gasteiger partial charge in [0.05, 0.1) is 11.9 Å². The highest BCUT2D eigenvalue weighted by molar-refractivity contribution is 7.90. The van der Waals surface area contributed by atoms with Gasteiger partial charge in [-0.15, -0.1) is 0 Å². The lowest BCUT2D eigenvalue weighted by Crippen LogP contribution is -2.15. The molecule has 1 N–H and O–H groups in total. The zero-order chi connectivity index (χ0) is 12.5. The highest BCUT2D eigenvalue weighted by atomic mass is 32.2. The summed E-state index contributed by atoms with van der Waals surface area (Å²) in [6.07, 6.45) is 0.199. The normalized spacial score (nSPS) is 13.8. The van der Waals surface area contributed by atoms with Crippen LogP contribution in [-0.4, -0.2) is 25.5 Å². The maximum atomic E-state index is 11.1. The largest absolute Gasteiger partial charge is 0.387 e. The number of rotatable bonds is 3. The third-order valence-electron chi connectivity index (χ3n) is 2.53. The van der Waals surface area contributed by atoms with E-state index in [1.165, 1.54) is 0 Å². The van der Waals surface area contributed by atoms with Crippen LogP contribution in [0.4, 0.5) is 0 Å². The Bertz CT molecular complexity index is 466. The molecule has 0 aromatic heterocycles. The van der Waals surface area contributed by atoms with Crippen LogP contribution in [0.15, 0.2) is 12.1 Å². The van der Waals surface area contributed by atoms with E-state index in [0.29, 0.717) is 0 Å². The third kappa shape index (κ3) is 3.32. The van der Waals surface area contributed by atoms with Crippen molar-refractivity contribution in [3.8, 4) is 0 Å². The smallest absolute Gasteiger partial charge is 0.150 e. The summed E-state index contributed by atoms with van der Waals surface area (Å²) in [5.41, 5.74) is 3.73. The SMILES string of the molecule is Cc1cc(C)c(C(O)CS(C)(=O)=O)c(C)c1. The first-order chi connectivity index (χ1) is 7.20. The van der Waals surface area contributed by atoms with E-state index < -0.39 is 15.9 Å². The average molecular weight is 242 g/mol. The van der Waals surface area contributed by atoms with Gasteiger partial charge in [-0.3, -0.25) is 0 Å². The maximum Gasteiger partial charge on any atom is 0.150 e. The van der Waals surface area contributed by atoms with Gasteiger partial charge in [-0.2, -0.15) is 0 Å². The maximum absolute atomic E-state index is 11.1. The van der Waals surface area contributed by atoms with Gasteiger partial charge in [0, 0.05) is 6.26 Å². The molecular weight excluding hydrogens is 224 g/mol. The summed E-state index contributed by atoms with van der Waals surface area (Å²) in [4.78, 5) is 0. The predicted molar refractivity (Wildman–Crippen MR) is 65.3 cm³/mol. The van der Waals surface area contributed by atoms with Crippen molar-refractivity contribution in [2.75, 3.05) is 12.0 Å². The molecular formula is C12H18O3S. The van der Waals surface area contributed by atoms with Crippen LogP contribution in [0.5, 0.6) is 0 Å². The van der Waals surface area contributed by atoms with E-state index in [9.17, 15) is 13.5 Å². The molecule has 0 radical (unpaired) electrons. The zero-order valence-corrected chi connectivity index (χ0v) is 10.9. The number of hydrogen-bond acceptors (Lipinski definition) is 3. The number of sulfone groups is 1. The quantitative estimate of drug-likeness (QED) is 0.877. The summed E-state index contributed by atoms with van der Waals surface area (Å²) >= 11 is 0. The van der Waals surface area contributed by atoms with Crippen LogP contribution < -0.4 is 0 Å². The molecule has 3 nitrogen and oxygen atoms in total. The second-order valence-electron chi connectivity index (χ2n) is 4.42. The molecule has 0 saturated carbocycles. The van der Waals surface area contributed by atoms with Gasteiger partial charge in [-0.25, -0.2) is 8.42 Å². The topological polar surface area (TPSA) is 54.4 Å². The minimum absolute atomic E-state index is 0.224. The van der Waals surface area contributed by atoms with Gasteiger partial charge in [-0.05, 0) is 37.5 Å². The second kappa shape index (κ2) is 4.55. The van der Waals surface area contributed by atoms with Crippen molar-refractivity contribution in [2.45, 2.75) is 26.9 Å². The molecule has 0 aliphatic carbocycles. The van der Waals surface area contributed by atoms with Crippen molar-refractivity contribution in [1.82, 2.24) is 0 Å². The van der Waals surface area contributed by atoms with Gasteiger partial charge >= 0.3 is 0 Å². The van der Waals surface area contributed by atoms with E-state index in [-0.39, 0.29) is 5.75 Å². The Balaban J connectivity index is 3.14. The van der Waals surface area contributed by atoms with Crippen LogP contribution in [0.3, 0.4) is 0 Å². The fourth-order valence-electron chi connectivity index (χ4n) is 2.09. The van der Waals surface area contributed by atoms with Gasteiger partial charge in [0.25, 0.3) is 0 Å². The molecule has 0 spiro atoms. The van der Waals surface area contributed by atoms with E-state index in [1.54, 1.807) is 0 Å². The molecule has 1 unspecified atom stereocenters. The van der Waals surface area contributed by atoms with Crippen molar-refractivity contribution in [1.29, 1.82) is 0 Å². The molecule has 1 rings (SSSR count). The molecule has 0 heterocycles. The van der Waals surface area contributed by atoms with E-state index >= 15 is 0 Å². The Labute approximate surface area is 97.0 Å². The van der Waals surface area contributed by atoms with E-state index in [2.05, 4.69) is 0 Å². The van der Waals surface area contributed by atoms with Crippen LogP contribution in [0, 0.1) is 20.8 Å². The standard InChI is InChI=1S/C12H18O3S/c1-8-5-9(2)12(10(3)6-8)11(13)7-16(4,14)15/h5-6,11,13H,7H2,1-4H3. The van der Waals surface area contributed by atoms with Gasteiger partial charge in [0.2, 0.25) is 0 Å². The Hall–Kier alpha value is -0.870. The zero-order valence-electron chi connectivity index (χ0n) is 10.1. The third-order valence-corrected chi connectivity index (χ3v) is 3.45. The second-order valence-corrected chi connectivity index (χ2v) is 6.61. The van der Waals surface area contributed by atoms with Gasteiger partial charge in [0.15, 0.2) is 0 Å². The molecule has 0 amide bonds. The van der Waals surface area contributed by atoms with E-state index in [4.69, 9.17) is 0 Å². The minimum Gasteiger partial charge on any atom is -0.387 e. The summed E-state index contributed by atoms with van der Waals surface area (Å²) in [5, 5.41) is 9.93. The molecule has 90 valence electrons. The first kappa shape index (κ1) is 13.2. The molecule has 1 aromatic carbocycles. The fraction of sp³-hybridized carbons (Fsp3) is 0.500. The van der Waals surface area contributed by atoms with Crippen molar-refractivity contribution >= 4 is 9.84 Å². The fourth-order valence-corrected chi connectivity index (χ4v) is 2.83. The minimum atomic E-state index is -3.17. The number of benzene rings is 1. The Kier molecular flexibility index (Phi) is 3.76. The predicted octanol–water partition coefficient (Wildman–Crippen LogP) is 1.69. The Morgan fingerprint density at radius 3 is 2.00 bits per heavy atom. The molecule has 4 heteroatoms. The molecule has 0 fully saturated rings. The highest BCUT2D eigenvalue weighted by Crippen LogP contribution is 2.24. The lowest BCUT2D eigenvalue weighted by molar-refractivity contribution is 0.200. The Morgan fingerprint density at radius 2 is 1.62 bits per heavy atom. The van der Waals surface area contributed by atoms with Crippen LogP contribution in [0.25, 0.3) is 0 Å². The summed E-state index contributed by atoms with van der Waals surface area (Å²) < 4.78 is 22.3. The monoisotopic (exact) mass is 242 g/mol. The molecule has 1 atom stereocenters. The van der Waals surface area contributed by atoms with E-state index in [1.807, 2.05) is 32.9 Å². The first-order valence-electron chi connectivity index (χ1n) is 5.14. The van der Waals surface area contributed by atoms with Crippen LogP contribution in [-0.2, 0) is 9.84 Å². The van der Waals surface area contributed by atoms with Gasteiger partial charge in [-0.1, -0.05) is 17.7 Å². The van der Waals surface area contributed by atoms with Crippen molar-refractivity contribution in [2.24, 2.45) is 0 Å². The average Bonchev–Trinajstić information content (AvgIpc) is 1.96. The highest BCUT2D eigenvalue weighted by Gasteiger charge is 2.18. The van der Waals surface area contributed by atoms with Crippen molar-refractivity contribution in [3.05, 3.63) is 34.4 Å². The van der Waals surface area contributed by atoms with Crippen LogP contribution >= 0.6 is 0 Å².